The largest absolute Gasteiger partial charge is 0.340 e. The van der Waals surface area contributed by atoms with Crippen molar-refractivity contribution < 1.29 is 4.79 Å². The molecule has 1 amide bonds. The number of carbonyl (C=O) groups excluding carboxylic acids is 1. The molecular formula is C18H21N5O. The van der Waals surface area contributed by atoms with Gasteiger partial charge in [-0.25, -0.2) is 4.98 Å². The first-order chi connectivity index (χ1) is 11.6. The lowest BCUT2D eigenvalue weighted by Crippen LogP contribution is -2.30. The second-order valence-electron chi connectivity index (χ2n) is 5.87. The average Bonchev–Trinajstić information content (AvgIpc) is 3.17. The van der Waals surface area contributed by atoms with Gasteiger partial charge in [0.1, 0.15) is 12.4 Å². The quantitative estimate of drug-likeness (QED) is 0.723. The summed E-state index contributed by atoms with van der Waals surface area (Å²) in [6, 6.07) is 9.88. The minimum absolute atomic E-state index is 0.0356. The smallest absolute Gasteiger partial charge is 0.242 e. The second kappa shape index (κ2) is 6.70. The third-order valence-corrected chi connectivity index (χ3v) is 4.22. The summed E-state index contributed by atoms with van der Waals surface area (Å²) in [5.74, 6) is 0.836. The van der Waals surface area contributed by atoms with E-state index in [4.69, 9.17) is 0 Å². The van der Waals surface area contributed by atoms with Gasteiger partial charge < -0.3 is 9.47 Å². The van der Waals surface area contributed by atoms with Gasteiger partial charge in [-0.2, -0.15) is 5.10 Å². The van der Waals surface area contributed by atoms with Crippen LogP contribution in [-0.2, 0) is 24.9 Å². The number of aryl methyl sites for hydroxylation is 1. The fourth-order valence-corrected chi connectivity index (χ4v) is 2.59. The Balaban J connectivity index is 1.71. The third kappa shape index (κ3) is 3.22. The van der Waals surface area contributed by atoms with E-state index in [1.807, 2.05) is 73.0 Å². The number of aromatic nitrogens is 4. The molecule has 0 bridgehead atoms. The van der Waals surface area contributed by atoms with Crippen molar-refractivity contribution in [3.05, 3.63) is 60.2 Å². The first-order valence-corrected chi connectivity index (χ1v) is 7.84. The number of likely N-dealkylation sites (N-methyl/N-ethyl adjacent to an activating group) is 1. The summed E-state index contributed by atoms with van der Waals surface area (Å²) < 4.78 is 3.70. The Hall–Kier alpha value is -2.89. The lowest BCUT2D eigenvalue weighted by Gasteiger charge is -2.18. The molecule has 124 valence electrons. The molecule has 0 saturated heterocycles. The summed E-state index contributed by atoms with van der Waals surface area (Å²) in [7, 11) is 3.71. The van der Waals surface area contributed by atoms with Crippen molar-refractivity contribution in [1.29, 1.82) is 0 Å². The molecular weight excluding hydrogens is 302 g/mol. The number of carbonyl (C=O) groups is 1. The fraction of sp³-hybridized carbons (Fsp3) is 0.278. The van der Waals surface area contributed by atoms with E-state index < -0.39 is 0 Å². The molecule has 0 aliphatic heterocycles. The van der Waals surface area contributed by atoms with Crippen LogP contribution in [0.2, 0.25) is 0 Å². The molecule has 0 fully saturated rings. The molecule has 1 aromatic carbocycles. The Bertz CT molecular complexity index is 834. The highest BCUT2D eigenvalue weighted by molar-refractivity contribution is 5.76. The van der Waals surface area contributed by atoms with Gasteiger partial charge in [0, 0.05) is 49.9 Å². The fourth-order valence-electron chi connectivity index (χ4n) is 2.59. The Labute approximate surface area is 141 Å². The van der Waals surface area contributed by atoms with Crippen molar-refractivity contribution in [2.75, 3.05) is 7.05 Å². The standard InChI is InChI=1S/C18H21N5O/c1-14-16(11-20-22(14)3)12-21(2)17(24)13-23-10-9-19-18(23)15-7-5-4-6-8-15/h4-11H,12-13H2,1-3H3. The highest BCUT2D eigenvalue weighted by Gasteiger charge is 2.15. The van der Waals surface area contributed by atoms with Crippen LogP contribution in [0.5, 0.6) is 0 Å². The average molecular weight is 323 g/mol. The van der Waals surface area contributed by atoms with Gasteiger partial charge in [0.25, 0.3) is 0 Å². The van der Waals surface area contributed by atoms with Crippen molar-refractivity contribution in [3.63, 3.8) is 0 Å². The zero-order valence-electron chi connectivity index (χ0n) is 14.2. The summed E-state index contributed by atoms with van der Waals surface area (Å²) >= 11 is 0. The number of amides is 1. The molecule has 3 aromatic rings. The maximum absolute atomic E-state index is 12.6. The summed E-state index contributed by atoms with van der Waals surface area (Å²) in [5, 5.41) is 4.22. The maximum Gasteiger partial charge on any atom is 0.242 e. The molecule has 0 radical (unpaired) electrons. The summed E-state index contributed by atoms with van der Waals surface area (Å²) in [5.41, 5.74) is 3.13. The Morgan fingerprint density at radius 3 is 2.67 bits per heavy atom. The molecule has 0 aliphatic carbocycles. The Kier molecular flexibility index (Phi) is 4.46. The topological polar surface area (TPSA) is 56.0 Å². The zero-order valence-corrected chi connectivity index (χ0v) is 14.2. The van der Waals surface area contributed by atoms with Crippen LogP contribution in [0.25, 0.3) is 11.4 Å². The van der Waals surface area contributed by atoms with E-state index in [0.29, 0.717) is 6.54 Å². The predicted octanol–water partition coefficient (Wildman–Crippen LogP) is 2.25. The minimum atomic E-state index is 0.0356. The van der Waals surface area contributed by atoms with E-state index in [2.05, 4.69) is 10.1 Å². The van der Waals surface area contributed by atoms with Gasteiger partial charge in [0.15, 0.2) is 0 Å². The van der Waals surface area contributed by atoms with E-state index in [1.54, 1.807) is 11.1 Å². The van der Waals surface area contributed by atoms with Gasteiger partial charge >= 0.3 is 0 Å². The SMILES string of the molecule is Cc1c(CN(C)C(=O)Cn2ccnc2-c2ccccc2)cnn1C. The van der Waals surface area contributed by atoms with Crippen LogP contribution in [0.15, 0.2) is 48.9 Å². The van der Waals surface area contributed by atoms with Crippen molar-refractivity contribution in [1.82, 2.24) is 24.2 Å². The first-order valence-electron chi connectivity index (χ1n) is 7.84. The first kappa shape index (κ1) is 16.0. The normalized spacial score (nSPS) is 10.8. The number of hydrogen-bond donors (Lipinski definition) is 0. The summed E-state index contributed by atoms with van der Waals surface area (Å²) in [6.07, 6.45) is 5.37. The third-order valence-electron chi connectivity index (χ3n) is 4.22. The molecule has 0 atom stereocenters. The molecule has 2 heterocycles. The van der Waals surface area contributed by atoms with E-state index in [0.717, 1.165) is 22.6 Å². The number of imidazole rings is 1. The predicted molar refractivity (Wildman–Crippen MR) is 92.1 cm³/mol. The lowest BCUT2D eigenvalue weighted by molar-refractivity contribution is -0.131. The number of nitrogens with zero attached hydrogens (tertiary/aromatic N) is 5. The van der Waals surface area contributed by atoms with Gasteiger partial charge in [-0.15, -0.1) is 0 Å². The molecule has 24 heavy (non-hydrogen) atoms. The number of benzene rings is 1. The number of rotatable bonds is 5. The van der Waals surface area contributed by atoms with Gasteiger partial charge in [-0.1, -0.05) is 30.3 Å². The van der Waals surface area contributed by atoms with Gasteiger partial charge in [0.05, 0.1) is 6.20 Å². The summed E-state index contributed by atoms with van der Waals surface area (Å²) in [6.45, 7) is 2.82. The van der Waals surface area contributed by atoms with Crippen LogP contribution in [0.4, 0.5) is 0 Å². The molecule has 2 aromatic heterocycles. The Morgan fingerprint density at radius 1 is 1.25 bits per heavy atom. The maximum atomic E-state index is 12.6. The summed E-state index contributed by atoms with van der Waals surface area (Å²) in [4.78, 5) is 18.7. The molecule has 6 nitrogen and oxygen atoms in total. The van der Waals surface area contributed by atoms with E-state index in [-0.39, 0.29) is 12.5 Å². The molecule has 0 N–H and O–H groups in total. The van der Waals surface area contributed by atoms with Crippen LogP contribution in [-0.4, -0.2) is 37.2 Å². The van der Waals surface area contributed by atoms with Crippen LogP contribution in [0.1, 0.15) is 11.3 Å². The van der Waals surface area contributed by atoms with E-state index in [9.17, 15) is 4.79 Å². The van der Waals surface area contributed by atoms with Crippen molar-refractivity contribution >= 4 is 5.91 Å². The van der Waals surface area contributed by atoms with Crippen LogP contribution < -0.4 is 0 Å². The molecule has 0 unspecified atom stereocenters. The second-order valence-corrected chi connectivity index (χ2v) is 5.87. The molecule has 0 aliphatic rings. The number of hydrogen-bond acceptors (Lipinski definition) is 3. The van der Waals surface area contributed by atoms with Gasteiger partial charge in [-0.05, 0) is 6.92 Å². The van der Waals surface area contributed by atoms with Crippen molar-refractivity contribution in [2.24, 2.45) is 7.05 Å². The van der Waals surface area contributed by atoms with E-state index >= 15 is 0 Å². The van der Waals surface area contributed by atoms with E-state index in [1.165, 1.54) is 0 Å². The highest BCUT2D eigenvalue weighted by Crippen LogP contribution is 2.17. The highest BCUT2D eigenvalue weighted by atomic mass is 16.2. The monoisotopic (exact) mass is 323 g/mol. The molecule has 0 spiro atoms. The van der Waals surface area contributed by atoms with Crippen molar-refractivity contribution in [3.8, 4) is 11.4 Å². The molecule has 3 rings (SSSR count). The van der Waals surface area contributed by atoms with Crippen LogP contribution in [0.3, 0.4) is 0 Å². The molecule has 6 heteroatoms. The van der Waals surface area contributed by atoms with Gasteiger partial charge in [0.2, 0.25) is 5.91 Å². The van der Waals surface area contributed by atoms with Crippen molar-refractivity contribution in [2.45, 2.75) is 20.0 Å². The van der Waals surface area contributed by atoms with Gasteiger partial charge in [-0.3, -0.25) is 9.48 Å². The zero-order chi connectivity index (χ0) is 17.1. The Morgan fingerprint density at radius 2 is 2.00 bits per heavy atom. The minimum Gasteiger partial charge on any atom is -0.340 e. The molecule has 0 saturated carbocycles. The lowest BCUT2D eigenvalue weighted by atomic mass is 10.2. The van der Waals surface area contributed by atoms with Crippen LogP contribution >= 0.6 is 0 Å². The van der Waals surface area contributed by atoms with Crippen LogP contribution in [0, 0.1) is 6.92 Å².